The summed E-state index contributed by atoms with van der Waals surface area (Å²) in [4.78, 5) is 0. The van der Waals surface area contributed by atoms with Crippen LogP contribution in [0.2, 0.25) is 0 Å². The van der Waals surface area contributed by atoms with Gasteiger partial charge in [-0.3, -0.25) is 4.68 Å². The molecule has 2 rings (SSSR count). The molecule has 2 N–H and O–H groups in total. The molecule has 68 valence electrons. The Labute approximate surface area is 77.2 Å². The van der Waals surface area contributed by atoms with Crippen LogP contribution in [0.4, 0.5) is 5.69 Å². The van der Waals surface area contributed by atoms with Gasteiger partial charge in [0.05, 0.1) is 5.69 Å². The van der Waals surface area contributed by atoms with Crippen LogP contribution in [0.3, 0.4) is 0 Å². The van der Waals surface area contributed by atoms with Crippen LogP contribution in [0.1, 0.15) is 12.6 Å². The van der Waals surface area contributed by atoms with Gasteiger partial charge < -0.3 is 5.73 Å². The molecule has 0 amide bonds. The molecule has 0 bridgehead atoms. The molecule has 1 aromatic heterocycles. The van der Waals surface area contributed by atoms with E-state index in [-0.39, 0.29) is 0 Å². The van der Waals surface area contributed by atoms with Crippen molar-refractivity contribution in [2.45, 2.75) is 13.3 Å². The van der Waals surface area contributed by atoms with Gasteiger partial charge in [0, 0.05) is 18.1 Å². The Balaban J connectivity index is 2.86. The predicted molar refractivity (Wildman–Crippen MR) is 54.5 cm³/mol. The zero-order valence-electron chi connectivity index (χ0n) is 7.91. The molecule has 0 saturated carbocycles. The maximum atomic E-state index is 5.82. The van der Waals surface area contributed by atoms with Gasteiger partial charge in [0.1, 0.15) is 5.52 Å². The average Bonchev–Trinajstić information content (AvgIpc) is 2.43. The maximum absolute atomic E-state index is 5.82. The fourth-order valence-corrected chi connectivity index (χ4v) is 1.71. The van der Waals surface area contributed by atoms with Crippen LogP contribution in [-0.2, 0) is 13.5 Å². The van der Waals surface area contributed by atoms with Crippen LogP contribution >= 0.6 is 0 Å². The van der Waals surface area contributed by atoms with Crippen molar-refractivity contribution in [3.63, 3.8) is 0 Å². The first-order chi connectivity index (χ1) is 6.24. The molecular weight excluding hydrogens is 162 g/mol. The van der Waals surface area contributed by atoms with Crippen LogP contribution in [-0.4, -0.2) is 9.78 Å². The summed E-state index contributed by atoms with van der Waals surface area (Å²) in [6.07, 6.45) is 0.983. The van der Waals surface area contributed by atoms with Crippen molar-refractivity contribution in [3.05, 3.63) is 23.9 Å². The Morgan fingerprint density at radius 1 is 1.46 bits per heavy atom. The van der Waals surface area contributed by atoms with E-state index in [0.29, 0.717) is 0 Å². The topological polar surface area (TPSA) is 43.8 Å². The minimum absolute atomic E-state index is 0.757. The Hall–Kier alpha value is -1.51. The highest BCUT2D eigenvalue weighted by molar-refractivity contribution is 5.91. The van der Waals surface area contributed by atoms with Crippen LogP contribution in [0.15, 0.2) is 18.2 Å². The van der Waals surface area contributed by atoms with Gasteiger partial charge in [-0.05, 0) is 12.5 Å². The molecule has 0 atom stereocenters. The van der Waals surface area contributed by atoms with Crippen molar-refractivity contribution in [1.29, 1.82) is 0 Å². The third kappa shape index (κ3) is 1.08. The number of fused-ring (bicyclic) bond motifs is 1. The summed E-state index contributed by atoms with van der Waals surface area (Å²) in [6.45, 7) is 2.12. The molecule has 0 fully saturated rings. The van der Waals surface area contributed by atoms with Crippen molar-refractivity contribution < 1.29 is 0 Å². The predicted octanol–water partition coefficient (Wildman–Crippen LogP) is 1.72. The number of nitrogens with two attached hydrogens (primary N) is 1. The Bertz CT molecular complexity index is 443. The third-order valence-electron chi connectivity index (χ3n) is 2.35. The van der Waals surface area contributed by atoms with E-state index in [1.54, 1.807) is 0 Å². The van der Waals surface area contributed by atoms with Crippen LogP contribution in [0.25, 0.3) is 10.9 Å². The summed E-state index contributed by atoms with van der Waals surface area (Å²) in [5, 5.41) is 5.55. The minimum atomic E-state index is 0.757. The number of hydrogen-bond donors (Lipinski definition) is 1. The first-order valence-corrected chi connectivity index (χ1v) is 4.44. The van der Waals surface area contributed by atoms with Crippen LogP contribution < -0.4 is 5.73 Å². The monoisotopic (exact) mass is 175 g/mol. The number of nitrogens with zero attached hydrogens (tertiary/aromatic N) is 2. The number of rotatable bonds is 1. The second kappa shape index (κ2) is 2.76. The lowest BCUT2D eigenvalue weighted by Gasteiger charge is -1.96. The molecule has 3 heteroatoms. The average molecular weight is 175 g/mol. The van der Waals surface area contributed by atoms with Gasteiger partial charge in [-0.15, -0.1) is 0 Å². The van der Waals surface area contributed by atoms with E-state index in [0.717, 1.165) is 17.6 Å². The van der Waals surface area contributed by atoms with Crippen LogP contribution in [0.5, 0.6) is 0 Å². The van der Waals surface area contributed by atoms with Gasteiger partial charge in [0.15, 0.2) is 0 Å². The molecule has 0 aliphatic rings. The van der Waals surface area contributed by atoms with Crippen molar-refractivity contribution in [2.24, 2.45) is 7.05 Å². The zero-order valence-corrected chi connectivity index (χ0v) is 7.91. The van der Waals surface area contributed by atoms with Crippen molar-refractivity contribution in [1.82, 2.24) is 9.78 Å². The smallest absolute Gasteiger partial charge is 0.115 e. The third-order valence-corrected chi connectivity index (χ3v) is 2.35. The maximum Gasteiger partial charge on any atom is 0.115 e. The second-order valence-electron chi connectivity index (χ2n) is 3.17. The lowest BCUT2D eigenvalue weighted by molar-refractivity contribution is 0.728. The van der Waals surface area contributed by atoms with Gasteiger partial charge in [-0.2, -0.15) is 5.10 Å². The molecule has 0 unspecified atom stereocenters. The number of aryl methyl sites for hydroxylation is 2. The van der Waals surface area contributed by atoms with Crippen molar-refractivity contribution >= 4 is 16.6 Å². The number of benzene rings is 1. The van der Waals surface area contributed by atoms with Gasteiger partial charge in [-0.1, -0.05) is 19.1 Å². The van der Waals surface area contributed by atoms with Gasteiger partial charge in [0.2, 0.25) is 0 Å². The number of aromatic nitrogens is 2. The van der Waals surface area contributed by atoms with E-state index >= 15 is 0 Å². The molecule has 0 spiro atoms. The highest BCUT2D eigenvalue weighted by Gasteiger charge is 2.07. The Morgan fingerprint density at radius 2 is 2.23 bits per heavy atom. The standard InChI is InChI=1S/C10H13N3/c1-3-9-7-5-4-6-8(11)10(7)12-13(9)2/h4-6H,3,11H2,1-2H3. The molecule has 0 aliphatic heterocycles. The fraction of sp³-hybridized carbons (Fsp3) is 0.300. The number of anilines is 1. The van der Waals surface area contributed by atoms with Crippen molar-refractivity contribution in [3.8, 4) is 0 Å². The second-order valence-corrected chi connectivity index (χ2v) is 3.17. The van der Waals surface area contributed by atoms with Gasteiger partial charge >= 0.3 is 0 Å². The summed E-state index contributed by atoms with van der Waals surface area (Å²) in [5.41, 5.74) is 8.73. The largest absolute Gasteiger partial charge is 0.397 e. The lowest BCUT2D eigenvalue weighted by atomic mass is 10.1. The zero-order chi connectivity index (χ0) is 9.42. The molecule has 1 aromatic carbocycles. The first kappa shape index (κ1) is 8.10. The summed E-state index contributed by atoms with van der Waals surface area (Å²) < 4.78 is 1.90. The molecule has 0 radical (unpaired) electrons. The van der Waals surface area contributed by atoms with E-state index in [4.69, 9.17) is 5.73 Å². The number of nitrogen functional groups attached to an aromatic ring is 1. The Kier molecular flexibility index (Phi) is 1.72. The number of hydrogen-bond acceptors (Lipinski definition) is 2. The van der Waals surface area contributed by atoms with Crippen LogP contribution in [0, 0.1) is 0 Å². The van der Waals surface area contributed by atoms with Gasteiger partial charge in [-0.25, -0.2) is 0 Å². The summed E-state index contributed by atoms with van der Waals surface area (Å²) in [7, 11) is 1.96. The van der Waals surface area contributed by atoms with Gasteiger partial charge in [0.25, 0.3) is 0 Å². The molecule has 13 heavy (non-hydrogen) atoms. The normalized spacial score (nSPS) is 10.9. The molecule has 0 aliphatic carbocycles. The molecule has 2 aromatic rings. The Morgan fingerprint density at radius 3 is 2.92 bits per heavy atom. The summed E-state index contributed by atoms with van der Waals surface area (Å²) >= 11 is 0. The highest BCUT2D eigenvalue weighted by atomic mass is 15.3. The van der Waals surface area contributed by atoms with E-state index in [1.807, 2.05) is 23.9 Å². The summed E-state index contributed by atoms with van der Waals surface area (Å²) in [6, 6.07) is 5.92. The van der Waals surface area contributed by atoms with E-state index in [9.17, 15) is 0 Å². The van der Waals surface area contributed by atoms with E-state index in [2.05, 4.69) is 18.1 Å². The lowest BCUT2D eigenvalue weighted by Crippen LogP contribution is -1.95. The fourth-order valence-electron chi connectivity index (χ4n) is 1.71. The van der Waals surface area contributed by atoms with E-state index < -0.39 is 0 Å². The SMILES string of the molecule is CCc1c2cccc(N)c2nn1C. The molecular formula is C10H13N3. The molecule has 0 saturated heterocycles. The van der Waals surface area contributed by atoms with Crippen molar-refractivity contribution in [2.75, 3.05) is 5.73 Å². The first-order valence-electron chi connectivity index (χ1n) is 4.44. The minimum Gasteiger partial charge on any atom is -0.397 e. The highest BCUT2D eigenvalue weighted by Crippen LogP contribution is 2.22. The summed E-state index contributed by atoms with van der Waals surface area (Å²) in [5.74, 6) is 0. The quantitative estimate of drug-likeness (QED) is 0.670. The molecule has 1 heterocycles. The van der Waals surface area contributed by atoms with E-state index in [1.165, 1.54) is 11.1 Å². The molecule has 3 nitrogen and oxygen atoms in total.